The molecule has 0 bridgehead atoms. The lowest BCUT2D eigenvalue weighted by molar-refractivity contribution is 0.244. The van der Waals surface area contributed by atoms with Crippen LogP contribution in [-0.4, -0.2) is 21.9 Å². The average molecular weight is 361 g/mol. The van der Waals surface area contributed by atoms with Crippen LogP contribution in [0.5, 0.6) is 0 Å². The zero-order valence-electron chi connectivity index (χ0n) is 14.8. The summed E-state index contributed by atoms with van der Waals surface area (Å²) in [6.45, 7) is 4.46. The zero-order chi connectivity index (χ0) is 17.8. The lowest BCUT2D eigenvalue weighted by Crippen LogP contribution is -2.39. The molecule has 1 aromatic carbocycles. The zero-order valence-corrected chi connectivity index (χ0v) is 15.6. The van der Waals surface area contributed by atoms with Crippen LogP contribution in [-0.2, 0) is 6.54 Å². The first-order valence-corrected chi connectivity index (χ1v) is 9.27. The topological polar surface area (TPSA) is 59.0 Å². The Morgan fingerprint density at radius 1 is 1.24 bits per heavy atom. The molecule has 3 rings (SSSR count). The van der Waals surface area contributed by atoms with Crippen molar-refractivity contribution in [3.05, 3.63) is 46.2 Å². The first kappa shape index (κ1) is 17.8. The van der Waals surface area contributed by atoms with Gasteiger partial charge in [-0.3, -0.25) is 4.68 Å². The van der Waals surface area contributed by atoms with Crippen LogP contribution in [0.25, 0.3) is 0 Å². The number of urea groups is 1. The monoisotopic (exact) mass is 360 g/mol. The van der Waals surface area contributed by atoms with Crippen molar-refractivity contribution in [1.82, 2.24) is 15.1 Å². The summed E-state index contributed by atoms with van der Waals surface area (Å²) < 4.78 is 1.88. The SMILES string of the molecule is Cc1nn(Cc2ccccc2Cl)c(C)c1NC(=O)NC1CCCCC1. The fraction of sp³-hybridized carbons (Fsp3) is 0.474. The molecule has 2 N–H and O–H groups in total. The first-order chi connectivity index (χ1) is 12.0. The van der Waals surface area contributed by atoms with Gasteiger partial charge < -0.3 is 10.6 Å². The molecular weight excluding hydrogens is 336 g/mol. The van der Waals surface area contributed by atoms with Crippen LogP contribution in [0.3, 0.4) is 0 Å². The van der Waals surface area contributed by atoms with Crippen molar-refractivity contribution in [3.63, 3.8) is 0 Å². The Bertz CT molecular complexity index is 750. The van der Waals surface area contributed by atoms with E-state index in [0.717, 1.165) is 40.5 Å². The van der Waals surface area contributed by atoms with Gasteiger partial charge in [0.25, 0.3) is 0 Å². The van der Waals surface area contributed by atoms with Gasteiger partial charge in [0.15, 0.2) is 0 Å². The number of aryl methyl sites for hydroxylation is 1. The number of hydrogen-bond acceptors (Lipinski definition) is 2. The molecule has 25 heavy (non-hydrogen) atoms. The minimum Gasteiger partial charge on any atom is -0.335 e. The number of carbonyl (C=O) groups excluding carboxylic acids is 1. The summed E-state index contributed by atoms with van der Waals surface area (Å²) in [6, 6.07) is 7.88. The summed E-state index contributed by atoms with van der Waals surface area (Å²) >= 11 is 6.24. The molecule has 1 heterocycles. The van der Waals surface area contributed by atoms with E-state index in [-0.39, 0.29) is 12.1 Å². The predicted octanol–water partition coefficient (Wildman–Crippen LogP) is 4.66. The lowest BCUT2D eigenvalue weighted by Gasteiger charge is -2.22. The molecule has 5 nitrogen and oxygen atoms in total. The molecule has 6 heteroatoms. The number of anilines is 1. The Morgan fingerprint density at radius 3 is 2.68 bits per heavy atom. The maximum Gasteiger partial charge on any atom is 0.319 e. The predicted molar refractivity (Wildman–Crippen MR) is 101 cm³/mol. The molecule has 1 aliphatic carbocycles. The number of nitrogens with zero attached hydrogens (tertiary/aromatic N) is 2. The third-order valence-corrected chi connectivity index (χ3v) is 5.21. The van der Waals surface area contributed by atoms with Crippen LogP contribution in [0, 0.1) is 13.8 Å². The Morgan fingerprint density at radius 2 is 1.96 bits per heavy atom. The number of benzene rings is 1. The quantitative estimate of drug-likeness (QED) is 0.833. The van der Waals surface area contributed by atoms with E-state index in [9.17, 15) is 4.79 Å². The third-order valence-electron chi connectivity index (χ3n) is 4.84. The highest BCUT2D eigenvalue weighted by atomic mass is 35.5. The van der Waals surface area contributed by atoms with Gasteiger partial charge in [-0.1, -0.05) is 49.1 Å². The van der Waals surface area contributed by atoms with Gasteiger partial charge in [-0.15, -0.1) is 0 Å². The first-order valence-electron chi connectivity index (χ1n) is 8.89. The molecule has 2 aromatic rings. The van der Waals surface area contributed by atoms with Crippen LogP contribution in [0.1, 0.15) is 49.1 Å². The molecule has 0 radical (unpaired) electrons. The third kappa shape index (κ3) is 4.34. The molecule has 2 amide bonds. The summed E-state index contributed by atoms with van der Waals surface area (Å²) in [6.07, 6.45) is 5.79. The van der Waals surface area contributed by atoms with Crippen molar-refractivity contribution in [2.24, 2.45) is 0 Å². The molecule has 0 spiro atoms. The van der Waals surface area contributed by atoms with Gasteiger partial charge in [0.1, 0.15) is 0 Å². The second kappa shape index (κ2) is 7.91. The molecule has 1 aliphatic rings. The summed E-state index contributed by atoms with van der Waals surface area (Å²) in [5.74, 6) is 0. The summed E-state index contributed by atoms with van der Waals surface area (Å²) in [5, 5.41) is 11.3. The van der Waals surface area contributed by atoms with Crippen LogP contribution in [0.4, 0.5) is 10.5 Å². The number of amides is 2. The van der Waals surface area contributed by atoms with E-state index in [1.54, 1.807) is 0 Å². The molecular formula is C19H25ClN4O. The number of hydrogen-bond donors (Lipinski definition) is 2. The molecule has 0 aliphatic heterocycles. The van der Waals surface area contributed by atoms with E-state index in [2.05, 4.69) is 15.7 Å². The van der Waals surface area contributed by atoms with E-state index in [1.165, 1.54) is 19.3 Å². The standard InChI is InChI=1S/C19H25ClN4O/c1-13-18(22-19(25)21-16-9-4-3-5-10-16)14(2)24(23-13)12-15-8-6-7-11-17(15)20/h6-8,11,16H,3-5,9-10,12H2,1-2H3,(H2,21,22,25). The molecule has 1 fully saturated rings. The highest BCUT2D eigenvalue weighted by molar-refractivity contribution is 6.31. The minimum atomic E-state index is -0.143. The van der Waals surface area contributed by atoms with Gasteiger partial charge in [0.05, 0.1) is 23.6 Å². The van der Waals surface area contributed by atoms with E-state index >= 15 is 0 Å². The largest absolute Gasteiger partial charge is 0.335 e. The van der Waals surface area contributed by atoms with Gasteiger partial charge in [0.2, 0.25) is 0 Å². The number of carbonyl (C=O) groups is 1. The van der Waals surface area contributed by atoms with Crippen LogP contribution < -0.4 is 10.6 Å². The van der Waals surface area contributed by atoms with Crippen LogP contribution >= 0.6 is 11.6 Å². The molecule has 0 atom stereocenters. The van der Waals surface area contributed by atoms with E-state index in [0.29, 0.717) is 6.54 Å². The summed E-state index contributed by atoms with van der Waals surface area (Å²) in [5.41, 5.74) is 3.52. The van der Waals surface area contributed by atoms with E-state index < -0.39 is 0 Å². The molecule has 0 saturated heterocycles. The highest BCUT2D eigenvalue weighted by Crippen LogP contribution is 2.23. The highest BCUT2D eigenvalue weighted by Gasteiger charge is 2.18. The van der Waals surface area contributed by atoms with Gasteiger partial charge in [-0.25, -0.2) is 4.79 Å². The number of halogens is 1. The van der Waals surface area contributed by atoms with E-state index in [1.807, 2.05) is 42.8 Å². The fourth-order valence-corrected chi connectivity index (χ4v) is 3.60. The molecule has 0 unspecified atom stereocenters. The second-order valence-corrected chi connectivity index (χ2v) is 7.14. The van der Waals surface area contributed by atoms with Gasteiger partial charge in [-0.2, -0.15) is 5.10 Å². The number of nitrogens with one attached hydrogen (secondary N) is 2. The van der Waals surface area contributed by atoms with Crippen molar-refractivity contribution >= 4 is 23.3 Å². The number of rotatable bonds is 4. The van der Waals surface area contributed by atoms with Crippen LogP contribution in [0.15, 0.2) is 24.3 Å². The van der Waals surface area contributed by atoms with Crippen molar-refractivity contribution in [1.29, 1.82) is 0 Å². The van der Waals surface area contributed by atoms with Gasteiger partial charge in [0, 0.05) is 11.1 Å². The Labute approximate surface area is 153 Å². The van der Waals surface area contributed by atoms with Crippen molar-refractivity contribution in [2.75, 3.05) is 5.32 Å². The fourth-order valence-electron chi connectivity index (χ4n) is 3.40. The van der Waals surface area contributed by atoms with E-state index in [4.69, 9.17) is 11.6 Å². The minimum absolute atomic E-state index is 0.143. The summed E-state index contributed by atoms with van der Waals surface area (Å²) in [7, 11) is 0. The molecule has 1 saturated carbocycles. The molecule has 134 valence electrons. The Balaban J connectivity index is 1.69. The lowest BCUT2D eigenvalue weighted by atomic mass is 9.96. The Hall–Kier alpha value is -2.01. The smallest absolute Gasteiger partial charge is 0.319 e. The van der Waals surface area contributed by atoms with Crippen molar-refractivity contribution in [2.45, 2.75) is 58.5 Å². The molecule has 1 aromatic heterocycles. The number of aromatic nitrogens is 2. The second-order valence-electron chi connectivity index (χ2n) is 6.73. The average Bonchev–Trinajstić information content (AvgIpc) is 2.85. The van der Waals surface area contributed by atoms with Gasteiger partial charge in [-0.05, 0) is 38.3 Å². The van der Waals surface area contributed by atoms with Gasteiger partial charge >= 0.3 is 6.03 Å². The maximum atomic E-state index is 12.3. The summed E-state index contributed by atoms with van der Waals surface area (Å²) in [4.78, 5) is 12.3. The maximum absolute atomic E-state index is 12.3. The Kier molecular flexibility index (Phi) is 5.63. The van der Waals surface area contributed by atoms with Crippen LogP contribution in [0.2, 0.25) is 5.02 Å². The van der Waals surface area contributed by atoms with Crippen molar-refractivity contribution in [3.8, 4) is 0 Å². The normalized spacial score (nSPS) is 15.2. The van der Waals surface area contributed by atoms with Crippen molar-refractivity contribution < 1.29 is 4.79 Å².